The van der Waals surface area contributed by atoms with Crippen LogP contribution in [-0.2, 0) is 9.59 Å². The molecule has 4 nitrogen and oxygen atoms in total. The smallest absolute Gasteiger partial charge is 0.313 e. The molecule has 5 heteroatoms. The Hall–Kier alpha value is -1.36. The van der Waals surface area contributed by atoms with Crippen LogP contribution in [0.25, 0.3) is 0 Å². The van der Waals surface area contributed by atoms with Crippen molar-refractivity contribution in [2.75, 3.05) is 5.32 Å². The average molecular weight is 299 g/mol. The standard InChI is InChI=1S/C12H15BrN2O2/c1-3-8(2)14-11(16)12(17)15-10-6-4-5-9(13)7-10/h4-8H,3H2,1-2H3,(H,14,16)(H,15,17)/t8-/m0/s1. The van der Waals surface area contributed by atoms with E-state index in [2.05, 4.69) is 26.6 Å². The molecule has 17 heavy (non-hydrogen) atoms. The summed E-state index contributed by atoms with van der Waals surface area (Å²) in [5.74, 6) is -1.26. The van der Waals surface area contributed by atoms with E-state index in [0.717, 1.165) is 10.9 Å². The van der Waals surface area contributed by atoms with Crippen LogP contribution in [0.5, 0.6) is 0 Å². The second-order valence-corrected chi connectivity index (χ2v) is 4.66. The quantitative estimate of drug-likeness (QED) is 0.841. The predicted octanol–water partition coefficient (Wildman–Crippen LogP) is 2.30. The molecule has 1 atom stereocenters. The molecule has 2 amide bonds. The van der Waals surface area contributed by atoms with Gasteiger partial charge in [0, 0.05) is 16.2 Å². The van der Waals surface area contributed by atoms with E-state index in [1.165, 1.54) is 0 Å². The lowest BCUT2D eigenvalue weighted by Gasteiger charge is -2.11. The van der Waals surface area contributed by atoms with Crippen LogP contribution >= 0.6 is 15.9 Å². The molecule has 0 unspecified atom stereocenters. The van der Waals surface area contributed by atoms with E-state index in [4.69, 9.17) is 0 Å². The van der Waals surface area contributed by atoms with Gasteiger partial charge in [-0.15, -0.1) is 0 Å². The number of anilines is 1. The summed E-state index contributed by atoms with van der Waals surface area (Å²) in [4.78, 5) is 23.0. The summed E-state index contributed by atoms with van der Waals surface area (Å²) in [6.45, 7) is 3.79. The van der Waals surface area contributed by atoms with E-state index in [-0.39, 0.29) is 6.04 Å². The molecule has 0 aliphatic carbocycles. The van der Waals surface area contributed by atoms with Crippen LogP contribution in [0, 0.1) is 0 Å². The minimum absolute atomic E-state index is 0.00393. The average Bonchev–Trinajstić information content (AvgIpc) is 2.28. The molecule has 0 aliphatic rings. The van der Waals surface area contributed by atoms with Crippen molar-refractivity contribution in [1.29, 1.82) is 0 Å². The monoisotopic (exact) mass is 298 g/mol. The van der Waals surface area contributed by atoms with Gasteiger partial charge in [-0.1, -0.05) is 28.9 Å². The predicted molar refractivity (Wildman–Crippen MR) is 70.7 cm³/mol. The van der Waals surface area contributed by atoms with Gasteiger partial charge in [0.25, 0.3) is 0 Å². The van der Waals surface area contributed by atoms with Gasteiger partial charge >= 0.3 is 11.8 Å². The van der Waals surface area contributed by atoms with Gasteiger partial charge in [-0.2, -0.15) is 0 Å². The van der Waals surface area contributed by atoms with E-state index in [0.29, 0.717) is 5.69 Å². The Morgan fingerprint density at radius 1 is 1.35 bits per heavy atom. The number of hydrogen-bond donors (Lipinski definition) is 2. The van der Waals surface area contributed by atoms with E-state index in [1.54, 1.807) is 18.2 Å². The van der Waals surface area contributed by atoms with Crippen LogP contribution in [0.3, 0.4) is 0 Å². The highest BCUT2D eigenvalue weighted by Gasteiger charge is 2.15. The Morgan fingerprint density at radius 3 is 2.65 bits per heavy atom. The molecule has 0 fully saturated rings. The third-order valence-corrected chi connectivity index (χ3v) is 2.77. The highest BCUT2D eigenvalue weighted by molar-refractivity contribution is 9.10. The zero-order valence-electron chi connectivity index (χ0n) is 9.79. The number of benzene rings is 1. The van der Waals surface area contributed by atoms with Crippen molar-refractivity contribution < 1.29 is 9.59 Å². The van der Waals surface area contributed by atoms with Crippen LogP contribution < -0.4 is 10.6 Å². The molecule has 92 valence electrons. The molecule has 0 bridgehead atoms. The van der Waals surface area contributed by atoms with Crippen molar-refractivity contribution in [2.45, 2.75) is 26.3 Å². The number of rotatable bonds is 3. The normalized spacial score (nSPS) is 11.7. The van der Waals surface area contributed by atoms with Gasteiger partial charge in [0.15, 0.2) is 0 Å². The van der Waals surface area contributed by atoms with E-state index in [9.17, 15) is 9.59 Å². The van der Waals surface area contributed by atoms with Crippen molar-refractivity contribution >= 4 is 33.4 Å². The largest absolute Gasteiger partial charge is 0.345 e. The maximum atomic E-state index is 11.5. The summed E-state index contributed by atoms with van der Waals surface area (Å²) in [6, 6.07) is 7.07. The molecule has 1 aromatic carbocycles. The molecule has 0 saturated heterocycles. The first kappa shape index (κ1) is 13.7. The molecule has 0 heterocycles. The molecule has 0 spiro atoms. The fraction of sp³-hybridized carbons (Fsp3) is 0.333. The maximum Gasteiger partial charge on any atom is 0.313 e. The van der Waals surface area contributed by atoms with Crippen LogP contribution in [0.15, 0.2) is 28.7 Å². The zero-order chi connectivity index (χ0) is 12.8. The molecule has 1 rings (SSSR count). The Morgan fingerprint density at radius 2 is 2.06 bits per heavy atom. The number of nitrogens with one attached hydrogen (secondary N) is 2. The van der Waals surface area contributed by atoms with Gasteiger partial charge in [-0.05, 0) is 31.5 Å². The second-order valence-electron chi connectivity index (χ2n) is 3.75. The van der Waals surface area contributed by atoms with Gasteiger partial charge in [0.05, 0.1) is 0 Å². The van der Waals surface area contributed by atoms with E-state index >= 15 is 0 Å². The van der Waals surface area contributed by atoms with Crippen molar-refractivity contribution in [3.63, 3.8) is 0 Å². The minimum atomic E-state index is -0.650. The van der Waals surface area contributed by atoms with Crippen molar-refractivity contribution in [2.24, 2.45) is 0 Å². The maximum absolute atomic E-state index is 11.5. The summed E-state index contributed by atoms with van der Waals surface area (Å²) in [6.07, 6.45) is 0.788. The molecular formula is C12H15BrN2O2. The SMILES string of the molecule is CC[C@H](C)NC(=O)C(=O)Nc1cccc(Br)c1. The lowest BCUT2D eigenvalue weighted by molar-refractivity contribution is -0.136. The number of carbonyl (C=O) groups is 2. The first-order valence-electron chi connectivity index (χ1n) is 5.40. The van der Waals surface area contributed by atoms with E-state index < -0.39 is 11.8 Å². The van der Waals surface area contributed by atoms with Gasteiger partial charge in [0.1, 0.15) is 0 Å². The summed E-state index contributed by atoms with van der Waals surface area (Å²) >= 11 is 3.29. The fourth-order valence-corrected chi connectivity index (χ4v) is 1.54. The second kappa shape index (κ2) is 6.39. The van der Waals surface area contributed by atoms with Gasteiger partial charge in [-0.3, -0.25) is 9.59 Å². The first-order valence-corrected chi connectivity index (χ1v) is 6.19. The Kier molecular flexibility index (Phi) is 5.15. The van der Waals surface area contributed by atoms with E-state index in [1.807, 2.05) is 19.9 Å². The number of hydrogen-bond acceptors (Lipinski definition) is 2. The molecule has 0 saturated carbocycles. The molecule has 0 aromatic heterocycles. The highest BCUT2D eigenvalue weighted by atomic mass is 79.9. The van der Waals surface area contributed by atoms with Crippen molar-refractivity contribution in [3.8, 4) is 0 Å². The number of amides is 2. The van der Waals surface area contributed by atoms with Crippen LogP contribution in [0.1, 0.15) is 20.3 Å². The summed E-state index contributed by atoms with van der Waals surface area (Å²) in [5.41, 5.74) is 0.587. The fourth-order valence-electron chi connectivity index (χ4n) is 1.15. The summed E-state index contributed by atoms with van der Waals surface area (Å²) in [7, 11) is 0. The molecule has 0 aliphatic heterocycles. The highest BCUT2D eigenvalue weighted by Crippen LogP contribution is 2.15. The van der Waals surface area contributed by atoms with Gasteiger partial charge in [-0.25, -0.2) is 0 Å². The number of carbonyl (C=O) groups excluding carboxylic acids is 2. The molecule has 0 radical (unpaired) electrons. The van der Waals surface area contributed by atoms with Gasteiger partial charge in [0.2, 0.25) is 0 Å². The van der Waals surface area contributed by atoms with Crippen molar-refractivity contribution in [3.05, 3.63) is 28.7 Å². The van der Waals surface area contributed by atoms with Crippen LogP contribution in [0.4, 0.5) is 5.69 Å². The first-order chi connectivity index (χ1) is 8.02. The Balaban J connectivity index is 2.57. The van der Waals surface area contributed by atoms with Gasteiger partial charge < -0.3 is 10.6 Å². The molecular weight excluding hydrogens is 284 g/mol. The lowest BCUT2D eigenvalue weighted by atomic mass is 10.2. The number of halogens is 1. The van der Waals surface area contributed by atoms with Crippen LogP contribution in [0.2, 0.25) is 0 Å². The summed E-state index contributed by atoms with van der Waals surface area (Å²) < 4.78 is 0.845. The molecule has 1 aromatic rings. The third kappa shape index (κ3) is 4.56. The lowest BCUT2D eigenvalue weighted by Crippen LogP contribution is -2.40. The third-order valence-electron chi connectivity index (χ3n) is 2.28. The molecule has 2 N–H and O–H groups in total. The topological polar surface area (TPSA) is 58.2 Å². The zero-order valence-corrected chi connectivity index (χ0v) is 11.4. The van der Waals surface area contributed by atoms with Crippen LogP contribution in [-0.4, -0.2) is 17.9 Å². The summed E-state index contributed by atoms with van der Waals surface area (Å²) in [5, 5.41) is 5.13. The Labute approximate surface area is 109 Å². The van der Waals surface area contributed by atoms with Crippen molar-refractivity contribution in [1.82, 2.24) is 5.32 Å². The minimum Gasteiger partial charge on any atom is -0.345 e. The Bertz CT molecular complexity index is 421.